The maximum Gasteiger partial charge on any atom is 0.268 e. The first-order valence-corrected chi connectivity index (χ1v) is 9.88. The van der Waals surface area contributed by atoms with Crippen LogP contribution in [-0.2, 0) is 0 Å². The number of aromatic nitrogens is 1. The largest absolute Gasteiger partial charge is 0.345 e. The summed E-state index contributed by atoms with van der Waals surface area (Å²) in [4.78, 5) is 23.1. The molecule has 2 aromatic carbocycles. The second-order valence-electron chi connectivity index (χ2n) is 6.65. The van der Waals surface area contributed by atoms with E-state index in [1.807, 2.05) is 60.7 Å². The van der Waals surface area contributed by atoms with Gasteiger partial charge in [0.05, 0.1) is 5.69 Å². The second kappa shape index (κ2) is 9.19. The Balaban J connectivity index is 0.00000225. The van der Waals surface area contributed by atoms with Crippen molar-refractivity contribution in [2.45, 2.75) is 0 Å². The van der Waals surface area contributed by atoms with Crippen LogP contribution < -0.4 is 10.2 Å². The Morgan fingerprint density at radius 3 is 2.21 bits per heavy atom. The summed E-state index contributed by atoms with van der Waals surface area (Å²) in [7, 11) is 2.13. The number of thiazole rings is 1. The van der Waals surface area contributed by atoms with Gasteiger partial charge in [-0.05, 0) is 19.2 Å². The van der Waals surface area contributed by atoms with Gasteiger partial charge in [0.2, 0.25) is 0 Å². The molecular formula is C21H23ClN4OS. The molecule has 146 valence electrons. The van der Waals surface area contributed by atoms with Crippen LogP contribution in [0.25, 0.3) is 11.3 Å². The van der Waals surface area contributed by atoms with Crippen LogP contribution in [0.15, 0.2) is 60.7 Å². The van der Waals surface area contributed by atoms with Gasteiger partial charge in [-0.3, -0.25) is 4.79 Å². The molecule has 1 fully saturated rings. The number of likely N-dealkylation sites (N-methyl/N-ethyl adjacent to an activating group) is 1. The molecule has 0 atom stereocenters. The maximum absolute atomic E-state index is 13.0. The first-order valence-electron chi connectivity index (χ1n) is 9.07. The van der Waals surface area contributed by atoms with E-state index in [1.54, 1.807) is 0 Å². The zero-order valence-electron chi connectivity index (χ0n) is 15.7. The molecule has 1 N–H and O–H groups in total. The zero-order valence-corrected chi connectivity index (χ0v) is 17.3. The number of anilines is 2. The van der Waals surface area contributed by atoms with Gasteiger partial charge >= 0.3 is 0 Å². The first-order chi connectivity index (χ1) is 13.2. The molecule has 0 aliphatic carbocycles. The molecule has 0 bridgehead atoms. The number of carbonyl (C=O) groups excluding carboxylic acids is 1. The highest BCUT2D eigenvalue weighted by molar-refractivity contribution is 7.18. The lowest BCUT2D eigenvalue weighted by Crippen LogP contribution is -2.44. The number of para-hydroxylation sites is 1. The quantitative estimate of drug-likeness (QED) is 0.693. The number of hydrogen-bond acceptors (Lipinski definition) is 5. The number of hydrogen-bond donors (Lipinski definition) is 1. The number of piperazine rings is 1. The minimum absolute atomic E-state index is 0. The van der Waals surface area contributed by atoms with Gasteiger partial charge in [-0.15, -0.1) is 12.4 Å². The third kappa shape index (κ3) is 4.52. The van der Waals surface area contributed by atoms with E-state index < -0.39 is 0 Å². The predicted octanol–water partition coefficient (Wildman–Crippen LogP) is 4.24. The molecule has 1 saturated heterocycles. The van der Waals surface area contributed by atoms with Gasteiger partial charge < -0.3 is 15.1 Å². The van der Waals surface area contributed by atoms with Crippen molar-refractivity contribution in [1.82, 2.24) is 9.88 Å². The molecule has 1 aliphatic rings. The molecule has 2 heterocycles. The van der Waals surface area contributed by atoms with E-state index in [0.717, 1.165) is 48.3 Å². The molecule has 0 saturated carbocycles. The summed E-state index contributed by atoms with van der Waals surface area (Å²) in [5.41, 5.74) is 2.51. The van der Waals surface area contributed by atoms with Crippen LogP contribution in [-0.4, -0.2) is 49.0 Å². The lowest BCUT2D eigenvalue weighted by molar-refractivity contribution is 0.103. The number of rotatable bonds is 4. The van der Waals surface area contributed by atoms with Crippen molar-refractivity contribution >= 4 is 40.5 Å². The number of benzene rings is 2. The molecule has 0 spiro atoms. The summed E-state index contributed by atoms with van der Waals surface area (Å²) >= 11 is 1.47. The van der Waals surface area contributed by atoms with Gasteiger partial charge in [-0.25, -0.2) is 4.98 Å². The van der Waals surface area contributed by atoms with E-state index >= 15 is 0 Å². The van der Waals surface area contributed by atoms with E-state index in [4.69, 9.17) is 4.98 Å². The van der Waals surface area contributed by atoms with E-state index in [9.17, 15) is 4.79 Å². The Morgan fingerprint density at radius 1 is 0.964 bits per heavy atom. The topological polar surface area (TPSA) is 48.5 Å². The third-order valence-electron chi connectivity index (χ3n) is 4.67. The zero-order chi connectivity index (χ0) is 18.6. The van der Waals surface area contributed by atoms with Crippen LogP contribution in [0, 0.1) is 0 Å². The molecule has 1 aromatic heterocycles. The molecule has 5 nitrogen and oxygen atoms in total. The minimum atomic E-state index is -0.113. The summed E-state index contributed by atoms with van der Waals surface area (Å²) in [6, 6.07) is 19.5. The SMILES string of the molecule is CN1CCN(c2nc(-c3ccccc3)c(C(=O)Nc3ccccc3)s2)CC1.Cl. The number of nitrogens with one attached hydrogen (secondary N) is 1. The molecular weight excluding hydrogens is 392 g/mol. The smallest absolute Gasteiger partial charge is 0.268 e. The molecule has 7 heteroatoms. The van der Waals surface area contributed by atoms with E-state index in [-0.39, 0.29) is 18.3 Å². The Bertz CT molecular complexity index is 909. The van der Waals surface area contributed by atoms with Crippen molar-refractivity contribution in [3.8, 4) is 11.3 Å². The summed E-state index contributed by atoms with van der Waals surface area (Å²) in [6.07, 6.45) is 0. The Kier molecular flexibility index (Phi) is 6.67. The number of nitrogens with zero attached hydrogens (tertiary/aromatic N) is 3. The van der Waals surface area contributed by atoms with E-state index in [2.05, 4.69) is 22.2 Å². The first kappa shape index (κ1) is 20.3. The predicted molar refractivity (Wildman–Crippen MR) is 119 cm³/mol. The minimum Gasteiger partial charge on any atom is -0.345 e. The van der Waals surface area contributed by atoms with Crippen molar-refractivity contribution in [3.05, 3.63) is 65.5 Å². The van der Waals surface area contributed by atoms with Crippen LogP contribution in [0.1, 0.15) is 9.67 Å². The Labute approximate surface area is 175 Å². The van der Waals surface area contributed by atoms with Crippen molar-refractivity contribution in [3.63, 3.8) is 0 Å². The lowest BCUT2D eigenvalue weighted by atomic mass is 10.1. The average Bonchev–Trinajstić information content (AvgIpc) is 3.16. The summed E-state index contributed by atoms with van der Waals surface area (Å²) in [5, 5.41) is 3.91. The standard InChI is InChI=1S/C21H22N4OS.ClH/c1-24-12-14-25(15-13-24)21-23-18(16-8-4-2-5-9-16)19(27-21)20(26)22-17-10-6-3-7-11-17;/h2-11H,12-15H2,1H3,(H,22,26);1H. The maximum atomic E-state index is 13.0. The summed E-state index contributed by atoms with van der Waals surface area (Å²) < 4.78 is 0. The lowest BCUT2D eigenvalue weighted by Gasteiger charge is -2.32. The van der Waals surface area contributed by atoms with Crippen molar-refractivity contribution in [1.29, 1.82) is 0 Å². The fourth-order valence-electron chi connectivity index (χ4n) is 3.10. The summed E-state index contributed by atoms with van der Waals surface area (Å²) in [6.45, 7) is 3.87. The number of amides is 1. The molecule has 1 aliphatic heterocycles. The third-order valence-corrected chi connectivity index (χ3v) is 5.79. The van der Waals surface area contributed by atoms with Gasteiger partial charge in [0.15, 0.2) is 5.13 Å². The fraction of sp³-hybridized carbons (Fsp3) is 0.238. The fourth-order valence-corrected chi connectivity index (χ4v) is 4.13. The van der Waals surface area contributed by atoms with Gasteiger partial charge in [-0.2, -0.15) is 0 Å². The van der Waals surface area contributed by atoms with E-state index in [1.165, 1.54) is 11.3 Å². The molecule has 1 amide bonds. The number of halogens is 1. The normalized spacial score (nSPS) is 14.4. The van der Waals surface area contributed by atoms with Crippen LogP contribution in [0.2, 0.25) is 0 Å². The van der Waals surface area contributed by atoms with Gasteiger partial charge in [0.25, 0.3) is 5.91 Å². The van der Waals surface area contributed by atoms with Gasteiger partial charge in [0.1, 0.15) is 4.88 Å². The molecule has 4 rings (SSSR count). The van der Waals surface area contributed by atoms with Crippen molar-refractivity contribution < 1.29 is 4.79 Å². The van der Waals surface area contributed by atoms with Crippen molar-refractivity contribution in [2.75, 3.05) is 43.4 Å². The molecule has 0 unspecified atom stereocenters. The Morgan fingerprint density at radius 2 is 1.57 bits per heavy atom. The van der Waals surface area contributed by atoms with Crippen LogP contribution in [0.3, 0.4) is 0 Å². The second-order valence-corrected chi connectivity index (χ2v) is 7.63. The molecule has 3 aromatic rings. The Hall–Kier alpha value is -2.41. The van der Waals surface area contributed by atoms with Crippen LogP contribution in [0.5, 0.6) is 0 Å². The van der Waals surface area contributed by atoms with Gasteiger partial charge in [0, 0.05) is 37.4 Å². The highest BCUT2D eigenvalue weighted by Gasteiger charge is 2.24. The highest BCUT2D eigenvalue weighted by atomic mass is 35.5. The molecule has 28 heavy (non-hydrogen) atoms. The average molecular weight is 415 g/mol. The van der Waals surface area contributed by atoms with Gasteiger partial charge in [-0.1, -0.05) is 59.9 Å². The van der Waals surface area contributed by atoms with Crippen LogP contribution in [0.4, 0.5) is 10.8 Å². The van der Waals surface area contributed by atoms with Crippen molar-refractivity contribution in [2.24, 2.45) is 0 Å². The van der Waals surface area contributed by atoms with Crippen LogP contribution >= 0.6 is 23.7 Å². The van der Waals surface area contributed by atoms with E-state index in [0.29, 0.717) is 4.88 Å². The summed E-state index contributed by atoms with van der Waals surface area (Å²) in [5.74, 6) is -0.113. The monoisotopic (exact) mass is 414 g/mol. The highest BCUT2D eigenvalue weighted by Crippen LogP contribution is 2.34. The molecule has 0 radical (unpaired) electrons. The number of carbonyl (C=O) groups is 1.